The third kappa shape index (κ3) is 4.19. The average Bonchev–Trinajstić information content (AvgIpc) is 2.42. The number of aromatic nitrogens is 1. The van der Waals surface area contributed by atoms with Gasteiger partial charge in [0.1, 0.15) is 5.69 Å². The zero-order valence-corrected chi connectivity index (χ0v) is 11.4. The molecule has 0 aromatic carbocycles. The Morgan fingerprint density at radius 3 is 2.50 bits per heavy atom. The van der Waals surface area contributed by atoms with Gasteiger partial charge in [-0.3, -0.25) is 9.78 Å². The highest BCUT2D eigenvalue weighted by Crippen LogP contribution is 2.28. The van der Waals surface area contributed by atoms with Crippen LogP contribution in [0.4, 0.5) is 13.2 Å². The van der Waals surface area contributed by atoms with Crippen LogP contribution in [0.5, 0.6) is 0 Å². The fraction of sp³-hybridized carbons (Fsp3) is 0.538. The Morgan fingerprint density at radius 2 is 2.10 bits per heavy atom. The van der Waals surface area contributed by atoms with Crippen LogP contribution in [0.25, 0.3) is 0 Å². The van der Waals surface area contributed by atoms with Crippen molar-refractivity contribution in [3.8, 4) is 0 Å². The summed E-state index contributed by atoms with van der Waals surface area (Å²) in [6.07, 6.45) is -3.78. The Kier molecular flexibility index (Phi) is 5.50. The van der Waals surface area contributed by atoms with Crippen molar-refractivity contribution in [1.29, 1.82) is 0 Å². The van der Waals surface area contributed by atoms with E-state index in [1.807, 2.05) is 6.92 Å². The molecule has 0 saturated heterocycles. The van der Waals surface area contributed by atoms with Gasteiger partial charge in [-0.2, -0.15) is 13.2 Å². The molecule has 0 aliphatic heterocycles. The van der Waals surface area contributed by atoms with Crippen LogP contribution in [0.3, 0.4) is 0 Å². The van der Waals surface area contributed by atoms with Gasteiger partial charge >= 0.3 is 6.18 Å². The highest BCUT2D eigenvalue weighted by molar-refractivity contribution is 5.92. The zero-order valence-electron chi connectivity index (χ0n) is 11.4. The summed E-state index contributed by atoms with van der Waals surface area (Å²) < 4.78 is 37.2. The number of carbonyl (C=O) groups excluding carboxylic acids is 1. The van der Waals surface area contributed by atoms with Gasteiger partial charge in [0.15, 0.2) is 0 Å². The SMILES string of the molecule is CCN(CC(C)CN)C(=O)c1ccc(C(F)(F)F)cn1. The summed E-state index contributed by atoms with van der Waals surface area (Å²) in [4.78, 5) is 17.3. The zero-order chi connectivity index (χ0) is 15.3. The predicted octanol–water partition coefficient (Wildman–Crippen LogP) is 2.16. The molecule has 1 aromatic rings. The minimum absolute atomic E-state index is 0.00377. The van der Waals surface area contributed by atoms with Gasteiger partial charge in [0.25, 0.3) is 5.91 Å². The Morgan fingerprint density at radius 1 is 1.45 bits per heavy atom. The summed E-state index contributed by atoms with van der Waals surface area (Å²) in [6.45, 7) is 5.03. The molecule has 0 aliphatic rings. The molecular formula is C13H18F3N3O. The second kappa shape index (κ2) is 6.69. The lowest BCUT2D eigenvalue weighted by molar-refractivity contribution is -0.137. The van der Waals surface area contributed by atoms with Crippen LogP contribution in [-0.4, -0.2) is 35.4 Å². The Labute approximate surface area is 115 Å². The molecule has 1 heterocycles. The maximum Gasteiger partial charge on any atom is 0.417 e. The topological polar surface area (TPSA) is 59.2 Å². The summed E-state index contributed by atoms with van der Waals surface area (Å²) in [5, 5.41) is 0. The summed E-state index contributed by atoms with van der Waals surface area (Å²) >= 11 is 0. The normalized spacial score (nSPS) is 13.1. The van der Waals surface area contributed by atoms with E-state index in [0.29, 0.717) is 25.8 Å². The van der Waals surface area contributed by atoms with Crippen LogP contribution >= 0.6 is 0 Å². The van der Waals surface area contributed by atoms with Crippen LogP contribution in [0.1, 0.15) is 29.9 Å². The van der Waals surface area contributed by atoms with Gasteiger partial charge in [0, 0.05) is 19.3 Å². The Bertz CT molecular complexity index is 445. The largest absolute Gasteiger partial charge is 0.417 e. The Balaban J connectivity index is 2.85. The van der Waals surface area contributed by atoms with Crippen molar-refractivity contribution in [2.45, 2.75) is 20.0 Å². The van der Waals surface area contributed by atoms with Crippen molar-refractivity contribution in [3.63, 3.8) is 0 Å². The van der Waals surface area contributed by atoms with Gasteiger partial charge in [0.2, 0.25) is 0 Å². The number of hydrogen-bond acceptors (Lipinski definition) is 3. The molecule has 2 N–H and O–H groups in total. The number of pyridine rings is 1. The molecule has 1 amide bonds. The highest BCUT2D eigenvalue weighted by atomic mass is 19.4. The van der Waals surface area contributed by atoms with Crippen molar-refractivity contribution in [3.05, 3.63) is 29.6 Å². The number of carbonyl (C=O) groups is 1. The first-order valence-electron chi connectivity index (χ1n) is 6.32. The first kappa shape index (κ1) is 16.4. The number of halogens is 3. The minimum Gasteiger partial charge on any atom is -0.337 e. The van der Waals surface area contributed by atoms with E-state index in [1.165, 1.54) is 4.90 Å². The molecule has 0 spiro atoms. The van der Waals surface area contributed by atoms with E-state index in [0.717, 1.165) is 12.1 Å². The Hall–Kier alpha value is -1.63. The fourth-order valence-electron chi connectivity index (χ4n) is 1.66. The fourth-order valence-corrected chi connectivity index (χ4v) is 1.66. The smallest absolute Gasteiger partial charge is 0.337 e. The van der Waals surface area contributed by atoms with E-state index >= 15 is 0 Å². The van der Waals surface area contributed by atoms with Crippen molar-refractivity contribution >= 4 is 5.91 Å². The lowest BCUT2D eigenvalue weighted by atomic mass is 10.1. The number of alkyl halides is 3. The second-order valence-corrected chi connectivity index (χ2v) is 4.61. The lowest BCUT2D eigenvalue weighted by Gasteiger charge is -2.23. The number of nitrogens with two attached hydrogens (primary N) is 1. The van der Waals surface area contributed by atoms with Crippen LogP contribution < -0.4 is 5.73 Å². The van der Waals surface area contributed by atoms with Crippen LogP contribution in [0, 0.1) is 5.92 Å². The van der Waals surface area contributed by atoms with Gasteiger partial charge in [-0.05, 0) is 31.5 Å². The van der Waals surface area contributed by atoms with E-state index in [2.05, 4.69) is 4.98 Å². The van der Waals surface area contributed by atoms with Gasteiger partial charge in [-0.25, -0.2) is 0 Å². The number of rotatable bonds is 5. The second-order valence-electron chi connectivity index (χ2n) is 4.61. The minimum atomic E-state index is -4.45. The van der Waals surface area contributed by atoms with Crippen molar-refractivity contribution in [1.82, 2.24) is 9.88 Å². The van der Waals surface area contributed by atoms with E-state index in [4.69, 9.17) is 5.73 Å². The standard InChI is InChI=1S/C13H18F3N3O/c1-3-19(8-9(2)6-17)12(20)11-5-4-10(7-18-11)13(14,15)16/h4-5,7,9H,3,6,8,17H2,1-2H3. The van der Waals surface area contributed by atoms with Gasteiger partial charge < -0.3 is 10.6 Å². The molecule has 0 aliphatic carbocycles. The van der Waals surface area contributed by atoms with Gasteiger partial charge in [-0.1, -0.05) is 6.92 Å². The molecule has 0 saturated carbocycles. The van der Waals surface area contributed by atoms with Crippen LogP contribution in [0.15, 0.2) is 18.3 Å². The molecular weight excluding hydrogens is 271 g/mol. The maximum atomic E-state index is 12.4. The van der Waals surface area contributed by atoms with Crippen molar-refractivity contribution < 1.29 is 18.0 Å². The summed E-state index contributed by atoms with van der Waals surface area (Å²) in [6, 6.07) is 1.96. The van der Waals surface area contributed by atoms with E-state index in [9.17, 15) is 18.0 Å². The molecule has 112 valence electrons. The third-order valence-electron chi connectivity index (χ3n) is 2.91. The summed E-state index contributed by atoms with van der Waals surface area (Å²) in [5.41, 5.74) is 4.64. The first-order chi connectivity index (χ1) is 9.29. The molecule has 20 heavy (non-hydrogen) atoms. The molecule has 0 bridgehead atoms. The van der Waals surface area contributed by atoms with E-state index < -0.39 is 11.7 Å². The van der Waals surface area contributed by atoms with E-state index in [1.54, 1.807) is 6.92 Å². The summed E-state index contributed by atoms with van der Waals surface area (Å²) in [5.74, 6) is -0.269. The lowest BCUT2D eigenvalue weighted by Crippen LogP contribution is -2.37. The molecule has 1 atom stereocenters. The predicted molar refractivity (Wildman–Crippen MR) is 69.0 cm³/mol. The number of nitrogens with zero attached hydrogens (tertiary/aromatic N) is 2. The third-order valence-corrected chi connectivity index (χ3v) is 2.91. The number of hydrogen-bond donors (Lipinski definition) is 1. The summed E-state index contributed by atoms with van der Waals surface area (Å²) in [7, 11) is 0. The molecule has 1 unspecified atom stereocenters. The molecule has 4 nitrogen and oxygen atoms in total. The highest BCUT2D eigenvalue weighted by Gasteiger charge is 2.31. The van der Waals surface area contributed by atoms with Crippen molar-refractivity contribution in [2.24, 2.45) is 11.7 Å². The van der Waals surface area contributed by atoms with Crippen molar-refractivity contribution in [2.75, 3.05) is 19.6 Å². The van der Waals surface area contributed by atoms with Gasteiger partial charge in [-0.15, -0.1) is 0 Å². The molecule has 1 aromatic heterocycles. The van der Waals surface area contributed by atoms with E-state index in [-0.39, 0.29) is 17.5 Å². The molecule has 1 rings (SSSR count). The average molecular weight is 289 g/mol. The maximum absolute atomic E-state index is 12.4. The van der Waals surface area contributed by atoms with Crippen LogP contribution in [0.2, 0.25) is 0 Å². The molecule has 7 heteroatoms. The molecule has 0 fully saturated rings. The van der Waals surface area contributed by atoms with Crippen LogP contribution in [-0.2, 0) is 6.18 Å². The monoisotopic (exact) mass is 289 g/mol. The van der Waals surface area contributed by atoms with Gasteiger partial charge in [0.05, 0.1) is 5.56 Å². The first-order valence-corrected chi connectivity index (χ1v) is 6.32. The quantitative estimate of drug-likeness (QED) is 0.903. The molecule has 0 radical (unpaired) electrons. The number of amides is 1.